The SMILES string of the molecule is CC(C)(C)C1CCN(C(=O)c2ccc(C(=O)O)s2)C1. The molecular weight excluding hydrogens is 262 g/mol. The highest BCUT2D eigenvalue weighted by Gasteiger charge is 2.34. The van der Waals surface area contributed by atoms with E-state index >= 15 is 0 Å². The summed E-state index contributed by atoms with van der Waals surface area (Å²) in [5, 5.41) is 8.88. The Hall–Kier alpha value is -1.36. The molecule has 4 nitrogen and oxygen atoms in total. The molecule has 1 N–H and O–H groups in total. The average molecular weight is 281 g/mol. The van der Waals surface area contributed by atoms with Gasteiger partial charge in [-0.15, -0.1) is 11.3 Å². The van der Waals surface area contributed by atoms with Gasteiger partial charge in [0.2, 0.25) is 0 Å². The number of carbonyl (C=O) groups is 2. The lowest BCUT2D eigenvalue weighted by Crippen LogP contribution is -2.30. The van der Waals surface area contributed by atoms with Crippen molar-refractivity contribution in [2.45, 2.75) is 27.2 Å². The molecule has 1 atom stereocenters. The van der Waals surface area contributed by atoms with E-state index in [1.807, 2.05) is 4.90 Å². The van der Waals surface area contributed by atoms with E-state index in [-0.39, 0.29) is 16.2 Å². The molecule has 1 unspecified atom stereocenters. The van der Waals surface area contributed by atoms with Crippen molar-refractivity contribution in [3.8, 4) is 0 Å². The van der Waals surface area contributed by atoms with Crippen LogP contribution < -0.4 is 0 Å². The van der Waals surface area contributed by atoms with E-state index in [2.05, 4.69) is 20.8 Å². The third kappa shape index (κ3) is 2.97. The Morgan fingerprint density at radius 2 is 1.95 bits per heavy atom. The summed E-state index contributed by atoms with van der Waals surface area (Å²) < 4.78 is 0. The number of nitrogens with zero attached hydrogens (tertiary/aromatic N) is 1. The van der Waals surface area contributed by atoms with Crippen LogP contribution in [0.15, 0.2) is 12.1 Å². The minimum atomic E-state index is -0.974. The Kier molecular flexibility index (Phi) is 3.67. The summed E-state index contributed by atoms with van der Waals surface area (Å²) in [4.78, 5) is 25.7. The van der Waals surface area contributed by atoms with Gasteiger partial charge in [0.25, 0.3) is 5.91 Å². The van der Waals surface area contributed by atoms with Crippen LogP contribution in [0, 0.1) is 11.3 Å². The molecule has 1 aliphatic rings. The maximum atomic E-state index is 12.3. The fraction of sp³-hybridized carbons (Fsp3) is 0.571. The van der Waals surface area contributed by atoms with Gasteiger partial charge in [0.15, 0.2) is 0 Å². The van der Waals surface area contributed by atoms with Gasteiger partial charge in [-0.3, -0.25) is 4.79 Å². The van der Waals surface area contributed by atoms with Gasteiger partial charge >= 0.3 is 5.97 Å². The number of hydrogen-bond acceptors (Lipinski definition) is 3. The summed E-state index contributed by atoms with van der Waals surface area (Å²) in [6.45, 7) is 8.11. The van der Waals surface area contributed by atoms with Gasteiger partial charge in [0.1, 0.15) is 4.88 Å². The monoisotopic (exact) mass is 281 g/mol. The number of carboxylic acid groups (broad SMARTS) is 1. The van der Waals surface area contributed by atoms with Crippen molar-refractivity contribution in [2.75, 3.05) is 13.1 Å². The standard InChI is InChI=1S/C14H19NO3S/c1-14(2,3)9-6-7-15(8-9)12(16)10-4-5-11(19-10)13(17)18/h4-5,9H,6-8H2,1-3H3,(H,17,18). The zero-order chi connectivity index (χ0) is 14.2. The molecule has 1 amide bonds. The third-order valence-electron chi connectivity index (χ3n) is 3.73. The largest absolute Gasteiger partial charge is 0.477 e. The maximum Gasteiger partial charge on any atom is 0.345 e. The molecule has 0 radical (unpaired) electrons. The van der Waals surface area contributed by atoms with Crippen LogP contribution in [0.3, 0.4) is 0 Å². The van der Waals surface area contributed by atoms with E-state index in [1.165, 1.54) is 6.07 Å². The van der Waals surface area contributed by atoms with Crippen molar-refractivity contribution < 1.29 is 14.7 Å². The summed E-state index contributed by atoms with van der Waals surface area (Å²) in [7, 11) is 0. The number of thiophene rings is 1. The van der Waals surface area contributed by atoms with Crippen molar-refractivity contribution in [1.82, 2.24) is 4.90 Å². The molecule has 5 heteroatoms. The first-order valence-corrected chi connectivity index (χ1v) is 7.23. The molecule has 1 aromatic heterocycles. The van der Waals surface area contributed by atoms with Crippen molar-refractivity contribution in [2.24, 2.45) is 11.3 Å². The van der Waals surface area contributed by atoms with Crippen LogP contribution in [-0.4, -0.2) is 35.0 Å². The fourth-order valence-electron chi connectivity index (χ4n) is 2.38. The van der Waals surface area contributed by atoms with Crippen LogP contribution in [0.1, 0.15) is 46.5 Å². The van der Waals surface area contributed by atoms with Crippen molar-refractivity contribution in [3.63, 3.8) is 0 Å². The molecule has 0 saturated carbocycles. The van der Waals surface area contributed by atoms with E-state index in [0.29, 0.717) is 10.8 Å². The van der Waals surface area contributed by atoms with E-state index in [9.17, 15) is 9.59 Å². The lowest BCUT2D eigenvalue weighted by Gasteiger charge is -2.26. The van der Waals surface area contributed by atoms with E-state index in [1.54, 1.807) is 6.07 Å². The lowest BCUT2D eigenvalue weighted by atomic mass is 9.80. The van der Waals surface area contributed by atoms with Crippen molar-refractivity contribution >= 4 is 23.2 Å². The Balaban J connectivity index is 2.07. The Morgan fingerprint density at radius 1 is 1.32 bits per heavy atom. The maximum absolute atomic E-state index is 12.3. The molecule has 0 bridgehead atoms. The highest BCUT2D eigenvalue weighted by molar-refractivity contribution is 7.15. The molecule has 1 saturated heterocycles. The number of hydrogen-bond donors (Lipinski definition) is 1. The first-order chi connectivity index (χ1) is 8.79. The molecule has 1 fully saturated rings. The van der Waals surface area contributed by atoms with Crippen LogP contribution in [0.4, 0.5) is 0 Å². The number of likely N-dealkylation sites (tertiary alicyclic amines) is 1. The summed E-state index contributed by atoms with van der Waals surface area (Å²) in [6.07, 6.45) is 1.02. The number of carboxylic acids is 1. The Bertz CT molecular complexity index is 501. The molecule has 104 valence electrons. The van der Waals surface area contributed by atoms with Crippen LogP contribution in [0.2, 0.25) is 0 Å². The van der Waals surface area contributed by atoms with E-state index in [0.717, 1.165) is 30.8 Å². The molecule has 0 aliphatic carbocycles. The predicted molar refractivity (Wildman–Crippen MR) is 74.7 cm³/mol. The third-order valence-corrected chi connectivity index (χ3v) is 4.79. The van der Waals surface area contributed by atoms with E-state index in [4.69, 9.17) is 5.11 Å². The highest BCUT2D eigenvalue weighted by atomic mass is 32.1. The number of rotatable bonds is 2. The lowest BCUT2D eigenvalue weighted by molar-refractivity contribution is 0.0701. The fourth-order valence-corrected chi connectivity index (χ4v) is 3.19. The topological polar surface area (TPSA) is 57.6 Å². The molecule has 1 aliphatic heterocycles. The van der Waals surface area contributed by atoms with Crippen LogP contribution in [0.25, 0.3) is 0 Å². The zero-order valence-corrected chi connectivity index (χ0v) is 12.3. The second kappa shape index (κ2) is 4.96. The van der Waals surface area contributed by atoms with Gasteiger partial charge in [-0.05, 0) is 29.9 Å². The van der Waals surface area contributed by atoms with Crippen molar-refractivity contribution in [3.05, 3.63) is 21.9 Å². The molecule has 0 spiro atoms. The number of amides is 1. The minimum Gasteiger partial charge on any atom is -0.477 e. The summed E-state index contributed by atoms with van der Waals surface area (Å²) in [6, 6.07) is 3.11. The quantitative estimate of drug-likeness (QED) is 0.906. The summed E-state index contributed by atoms with van der Waals surface area (Å²) in [5.74, 6) is -0.502. The average Bonchev–Trinajstić information content (AvgIpc) is 2.97. The Labute approximate surface area is 117 Å². The van der Waals surface area contributed by atoms with Gasteiger partial charge in [0.05, 0.1) is 4.88 Å². The number of carbonyl (C=O) groups excluding carboxylic acids is 1. The highest BCUT2D eigenvalue weighted by Crippen LogP contribution is 2.34. The smallest absolute Gasteiger partial charge is 0.345 e. The first kappa shape index (κ1) is 14.1. The van der Waals surface area contributed by atoms with E-state index < -0.39 is 5.97 Å². The van der Waals surface area contributed by atoms with Crippen LogP contribution in [0.5, 0.6) is 0 Å². The zero-order valence-electron chi connectivity index (χ0n) is 11.5. The minimum absolute atomic E-state index is 0.0377. The van der Waals surface area contributed by atoms with Crippen LogP contribution >= 0.6 is 11.3 Å². The molecule has 19 heavy (non-hydrogen) atoms. The van der Waals surface area contributed by atoms with Gasteiger partial charge in [-0.2, -0.15) is 0 Å². The molecular formula is C14H19NO3S. The van der Waals surface area contributed by atoms with Gasteiger partial charge in [0, 0.05) is 13.1 Å². The van der Waals surface area contributed by atoms with Gasteiger partial charge in [-0.1, -0.05) is 20.8 Å². The summed E-state index contributed by atoms with van der Waals surface area (Å²) in [5.41, 5.74) is 0.205. The number of aromatic carboxylic acids is 1. The van der Waals surface area contributed by atoms with Gasteiger partial charge < -0.3 is 10.0 Å². The van der Waals surface area contributed by atoms with Crippen molar-refractivity contribution in [1.29, 1.82) is 0 Å². The predicted octanol–water partition coefficient (Wildman–Crippen LogP) is 2.95. The Morgan fingerprint density at radius 3 is 2.42 bits per heavy atom. The second-order valence-electron chi connectivity index (χ2n) is 6.07. The first-order valence-electron chi connectivity index (χ1n) is 6.41. The normalized spacial score (nSPS) is 19.7. The molecule has 2 heterocycles. The molecule has 0 aromatic carbocycles. The molecule has 1 aromatic rings. The summed E-state index contributed by atoms with van der Waals surface area (Å²) >= 11 is 1.05. The second-order valence-corrected chi connectivity index (χ2v) is 7.16. The van der Waals surface area contributed by atoms with Gasteiger partial charge in [-0.25, -0.2) is 4.79 Å². The van der Waals surface area contributed by atoms with Crippen LogP contribution in [-0.2, 0) is 0 Å². The molecule has 2 rings (SSSR count).